The van der Waals surface area contributed by atoms with E-state index in [0.29, 0.717) is 6.42 Å². The van der Waals surface area contributed by atoms with E-state index in [4.69, 9.17) is 0 Å². The Morgan fingerprint density at radius 2 is 1.71 bits per heavy atom. The second-order valence-corrected chi connectivity index (χ2v) is 5.67. The maximum absolute atomic E-state index is 10.4. The van der Waals surface area contributed by atoms with Crippen molar-refractivity contribution in [3.63, 3.8) is 0 Å². The number of hydrogen-bond acceptors (Lipinski definition) is 3. The second-order valence-electron chi connectivity index (χ2n) is 5.67. The highest BCUT2D eigenvalue weighted by Gasteiger charge is 2.21. The molecule has 1 unspecified atom stereocenters. The summed E-state index contributed by atoms with van der Waals surface area (Å²) in [6.07, 6.45) is 2.13. The fourth-order valence-electron chi connectivity index (χ4n) is 2.91. The van der Waals surface area contributed by atoms with Crippen LogP contribution in [0, 0.1) is 0 Å². The van der Waals surface area contributed by atoms with Crippen LogP contribution in [0.2, 0.25) is 0 Å². The van der Waals surface area contributed by atoms with E-state index >= 15 is 0 Å². The SMILES string of the molecule is Oc1ccc(CCC(O)N2CCc3ccccc3C2)cc1. The molecule has 3 rings (SSSR count). The van der Waals surface area contributed by atoms with Crippen LogP contribution in [0.4, 0.5) is 0 Å². The van der Waals surface area contributed by atoms with Gasteiger partial charge in [0.15, 0.2) is 0 Å². The van der Waals surface area contributed by atoms with Crippen molar-refractivity contribution < 1.29 is 10.2 Å². The van der Waals surface area contributed by atoms with Crippen LogP contribution in [-0.4, -0.2) is 27.9 Å². The highest BCUT2D eigenvalue weighted by Crippen LogP contribution is 2.21. The van der Waals surface area contributed by atoms with Gasteiger partial charge in [0.25, 0.3) is 0 Å². The zero-order valence-electron chi connectivity index (χ0n) is 12.1. The second kappa shape index (κ2) is 6.29. The first kappa shape index (κ1) is 14.1. The first-order valence-electron chi connectivity index (χ1n) is 7.49. The molecular weight excluding hydrogens is 262 g/mol. The molecule has 0 saturated heterocycles. The minimum absolute atomic E-state index is 0.284. The van der Waals surface area contributed by atoms with Crippen molar-refractivity contribution in [1.82, 2.24) is 4.90 Å². The largest absolute Gasteiger partial charge is 0.508 e. The van der Waals surface area contributed by atoms with Gasteiger partial charge in [-0.25, -0.2) is 0 Å². The lowest BCUT2D eigenvalue weighted by atomic mass is 9.99. The van der Waals surface area contributed by atoms with E-state index in [2.05, 4.69) is 29.2 Å². The van der Waals surface area contributed by atoms with Gasteiger partial charge in [0.1, 0.15) is 12.0 Å². The van der Waals surface area contributed by atoms with Crippen LogP contribution in [0.3, 0.4) is 0 Å². The Labute approximate surface area is 125 Å². The molecule has 3 nitrogen and oxygen atoms in total. The Balaban J connectivity index is 1.57. The molecule has 1 aliphatic heterocycles. The molecule has 2 N–H and O–H groups in total. The molecule has 0 bridgehead atoms. The number of hydrogen-bond donors (Lipinski definition) is 2. The van der Waals surface area contributed by atoms with Crippen LogP contribution in [0.15, 0.2) is 48.5 Å². The van der Waals surface area contributed by atoms with Crippen molar-refractivity contribution in [3.8, 4) is 5.75 Å². The van der Waals surface area contributed by atoms with Crippen molar-refractivity contribution in [1.29, 1.82) is 0 Å². The van der Waals surface area contributed by atoms with Crippen molar-refractivity contribution in [2.75, 3.05) is 6.54 Å². The first-order valence-corrected chi connectivity index (χ1v) is 7.49. The summed E-state index contributed by atoms with van der Waals surface area (Å²) in [5.74, 6) is 0.284. The molecule has 2 aromatic carbocycles. The van der Waals surface area contributed by atoms with Gasteiger partial charge >= 0.3 is 0 Å². The van der Waals surface area contributed by atoms with E-state index in [1.54, 1.807) is 12.1 Å². The van der Waals surface area contributed by atoms with E-state index in [1.165, 1.54) is 11.1 Å². The third kappa shape index (κ3) is 3.43. The number of fused-ring (bicyclic) bond motifs is 1. The fourth-order valence-corrected chi connectivity index (χ4v) is 2.91. The summed E-state index contributed by atoms with van der Waals surface area (Å²) in [5.41, 5.74) is 3.87. The number of aryl methyl sites for hydroxylation is 1. The Hall–Kier alpha value is -1.84. The van der Waals surface area contributed by atoms with Gasteiger partial charge in [0.2, 0.25) is 0 Å². The number of nitrogens with zero attached hydrogens (tertiary/aromatic N) is 1. The Morgan fingerprint density at radius 1 is 1.00 bits per heavy atom. The van der Waals surface area contributed by atoms with E-state index in [9.17, 15) is 10.2 Å². The molecule has 1 aliphatic rings. The zero-order chi connectivity index (χ0) is 14.7. The summed E-state index contributed by atoms with van der Waals surface area (Å²) >= 11 is 0. The molecule has 1 heterocycles. The number of aromatic hydroxyl groups is 1. The topological polar surface area (TPSA) is 43.7 Å². The van der Waals surface area contributed by atoms with Gasteiger partial charge in [-0.3, -0.25) is 4.90 Å². The van der Waals surface area contributed by atoms with Crippen molar-refractivity contribution >= 4 is 0 Å². The lowest BCUT2D eigenvalue weighted by Gasteiger charge is -2.32. The molecule has 110 valence electrons. The molecule has 0 saturated carbocycles. The summed E-state index contributed by atoms with van der Waals surface area (Å²) in [6.45, 7) is 1.74. The van der Waals surface area contributed by atoms with Crippen molar-refractivity contribution in [2.24, 2.45) is 0 Å². The van der Waals surface area contributed by atoms with E-state index in [-0.39, 0.29) is 5.75 Å². The van der Waals surface area contributed by atoms with Gasteiger partial charge in [0, 0.05) is 13.1 Å². The molecule has 0 spiro atoms. The number of benzene rings is 2. The van der Waals surface area contributed by atoms with Crippen LogP contribution in [0.25, 0.3) is 0 Å². The predicted molar refractivity (Wildman–Crippen MR) is 83.0 cm³/mol. The number of aliphatic hydroxyl groups is 1. The Bertz CT molecular complexity index is 594. The van der Waals surface area contributed by atoms with Crippen LogP contribution in [-0.2, 0) is 19.4 Å². The molecule has 0 aliphatic carbocycles. The van der Waals surface area contributed by atoms with Crippen LogP contribution < -0.4 is 0 Å². The highest BCUT2D eigenvalue weighted by atomic mass is 16.3. The summed E-state index contributed by atoms with van der Waals surface area (Å²) in [4.78, 5) is 2.14. The quantitative estimate of drug-likeness (QED) is 0.906. The zero-order valence-corrected chi connectivity index (χ0v) is 12.1. The number of aliphatic hydroxyl groups excluding tert-OH is 1. The first-order chi connectivity index (χ1) is 10.2. The lowest BCUT2D eigenvalue weighted by molar-refractivity contribution is -0.0111. The van der Waals surface area contributed by atoms with Gasteiger partial charge < -0.3 is 10.2 Å². The number of phenols is 1. The van der Waals surface area contributed by atoms with Gasteiger partial charge in [-0.2, -0.15) is 0 Å². The van der Waals surface area contributed by atoms with Crippen molar-refractivity contribution in [2.45, 2.75) is 32.0 Å². The molecule has 0 amide bonds. The molecule has 3 heteroatoms. The maximum atomic E-state index is 10.4. The number of rotatable bonds is 4. The predicted octanol–water partition coefficient (Wildman–Crippen LogP) is 2.70. The fraction of sp³-hybridized carbons (Fsp3) is 0.333. The third-order valence-corrected chi connectivity index (χ3v) is 4.21. The molecule has 0 aromatic heterocycles. The Kier molecular flexibility index (Phi) is 4.23. The van der Waals surface area contributed by atoms with Gasteiger partial charge in [-0.15, -0.1) is 0 Å². The van der Waals surface area contributed by atoms with Gasteiger partial charge in [-0.1, -0.05) is 36.4 Å². The standard InChI is InChI=1S/C18H21NO2/c20-17-8-5-14(6-9-17)7-10-18(21)19-12-11-15-3-1-2-4-16(15)13-19/h1-6,8-9,18,20-21H,7,10-13H2. The van der Waals surface area contributed by atoms with E-state index in [0.717, 1.165) is 31.5 Å². The van der Waals surface area contributed by atoms with Gasteiger partial charge in [0.05, 0.1) is 0 Å². The summed E-state index contributed by atoms with van der Waals surface area (Å²) in [5, 5.41) is 19.7. The highest BCUT2D eigenvalue weighted by molar-refractivity contribution is 5.29. The summed E-state index contributed by atoms with van der Waals surface area (Å²) in [7, 11) is 0. The molecular formula is C18H21NO2. The minimum Gasteiger partial charge on any atom is -0.508 e. The minimum atomic E-state index is -0.410. The average Bonchev–Trinajstić information content (AvgIpc) is 2.53. The maximum Gasteiger partial charge on any atom is 0.115 e. The molecule has 2 aromatic rings. The summed E-state index contributed by atoms with van der Waals surface area (Å²) in [6, 6.07) is 15.7. The average molecular weight is 283 g/mol. The summed E-state index contributed by atoms with van der Waals surface area (Å²) < 4.78 is 0. The molecule has 21 heavy (non-hydrogen) atoms. The Morgan fingerprint density at radius 3 is 2.48 bits per heavy atom. The molecule has 0 radical (unpaired) electrons. The lowest BCUT2D eigenvalue weighted by Crippen LogP contribution is -2.39. The number of phenolic OH excluding ortho intramolecular Hbond substituents is 1. The molecule has 1 atom stereocenters. The van der Waals surface area contributed by atoms with Crippen LogP contribution in [0.1, 0.15) is 23.1 Å². The molecule has 0 fully saturated rings. The van der Waals surface area contributed by atoms with Crippen LogP contribution >= 0.6 is 0 Å². The van der Waals surface area contributed by atoms with Gasteiger partial charge in [-0.05, 0) is 48.1 Å². The van der Waals surface area contributed by atoms with Crippen molar-refractivity contribution in [3.05, 3.63) is 65.2 Å². The third-order valence-electron chi connectivity index (χ3n) is 4.21. The monoisotopic (exact) mass is 283 g/mol. The normalized spacial score (nSPS) is 16.4. The van der Waals surface area contributed by atoms with E-state index in [1.807, 2.05) is 12.1 Å². The van der Waals surface area contributed by atoms with Crippen LogP contribution in [0.5, 0.6) is 5.75 Å². The smallest absolute Gasteiger partial charge is 0.115 e. The van der Waals surface area contributed by atoms with E-state index < -0.39 is 6.23 Å².